The molecule has 4 rings (SSSR count). The van der Waals surface area contributed by atoms with Crippen LogP contribution in [-0.4, -0.2) is 0 Å². The summed E-state index contributed by atoms with van der Waals surface area (Å²) in [6.45, 7) is 2.07. The van der Waals surface area contributed by atoms with Crippen LogP contribution in [0.1, 0.15) is 88.2 Å². The molecular weight excluding hydrogens is 407 g/mol. The largest absolute Gasteiger partial charge is 0.422 e. The lowest BCUT2D eigenvalue weighted by molar-refractivity contribution is -0.142. The van der Waals surface area contributed by atoms with E-state index in [1.54, 1.807) is 0 Å². The molecule has 3 saturated carbocycles. The second kappa shape index (κ2) is 9.23. The fourth-order valence-corrected chi connectivity index (χ4v) is 7.05. The Morgan fingerprint density at radius 1 is 0.871 bits per heavy atom. The number of hydrogen-bond donors (Lipinski definition) is 0. The molecule has 0 radical (unpaired) electrons. The molecular formula is C26H33F5. The van der Waals surface area contributed by atoms with Crippen LogP contribution in [0.2, 0.25) is 0 Å². The third kappa shape index (κ3) is 4.85. The van der Waals surface area contributed by atoms with Crippen molar-refractivity contribution < 1.29 is 22.0 Å². The number of halogens is 5. The van der Waals surface area contributed by atoms with Crippen LogP contribution in [0.4, 0.5) is 22.0 Å². The van der Waals surface area contributed by atoms with Gasteiger partial charge in [0, 0.05) is 0 Å². The molecule has 0 bridgehead atoms. The van der Waals surface area contributed by atoms with E-state index in [9.17, 15) is 22.0 Å². The van der Waals surface area contributed by atoms with E-state index >= 15 is 0 Å². The Labute approximate surface area is 182 Å². The summed E-state index contributed by atoms with van der Waals surface area (Å²) < 4.78 is 66.9. The summed E-state index contributed by atoms with van der Waals surface area (Å²) in [5, 5.41) is 0. The van der Waals surface area contributed by atoms with Gasteiger partial charge >= 0.3 is 6.18 Å². The number of fused-ring (bicyclic) bond motifs is 3. The van der Waals surface area contributed by atoms with Crippen LogP contribution >= 0.6 is 0 Å². The van der Waals surface area contributed by atoms with Crippen LogP contribution in [0.5, 0.6) is 0 Å². The smallest absolute Gasteiger partial charge is 0.206 e. The summed E-state index contributed by atoms with van der Waals surface area (Å²) in [5.41, 5.74) is -1.37. The SMILES string of the molecule is C/C=C/CCC1CCC2C(CCC3CC(c4cc(F)c(C(F)(F)F)c(F)c4)CCC32)C1. The molecule has 1 aromatic rings. The summed E-state index contributed by atoms with van der Waals surface area (Å²) in [5.74, 6) is 0.615. The van der Waals surface area contributed by atoms with Crippen molar-refractivity contribution in [3.63, 3.8) is 0 Å². The normalized spacial score (nSPS) is 33.9. The molecule has 0 aliphatic heterocycles. The molecule has 0 aromatic heterocycles. The minimum atomic E-state index is -5.01. The summed E-state index contributed by atoms with van der Waals surface area (Å²) >= 11 is 0. The Morgan fingerprint density at radius 2 is 1.48 bits per heavy atom. The van der Waals surface area contributed by atoms with Crippen LogP contribution in [0, 0.1) is 41.2 Å². The van der Waals surface area contributed by atoms with E-state index in [1.807, 2.05) is 0 Å². The minimum absolute atomic E-state index is 0.0405. The van der Waals surface area contributed by atoms with Crippen molar-refractivity contribution in [3.05, 3.63) is 47.0 Å². The van der Waals surface area contributed by atoms with Crippen LogP contribution in [0.25, 0.3) is 0 Å². The molecule has 6 atom stereocenters. The maximum absolute atomic E-state index is 14.1. The number of alkyl halides is 3. The predicted molar refractivity (Wildman–Crippen MR) is 113 cm³/mol. The second-order valence-corrected chi connectivity index (χ2v) is 10.1. The van der Waals surface area contributed by atoms with Crippen molar-refractivity contribution in [2.24, 2.45) is 29.6 Å². The van der Waals surface area contributed by atoms with Gasteiger partial charge in [0.15, 0.2) is 0 Å². The minimum Gasteiger partial charge on any atom is -0.206 e. The average molecular weight is 441 g/mol. The van der Waals surface area contributed by atoms with Crippen molar-refractivity contribution >= 4 is 0 Å². The van der Waals surface area contributed by atoms with Crippen LogP contribution in [0.15, 0.2) is 24.3 Å². The highest BCUT2D eigenvalue weighted by Gasteiger charge is 2.45. The van der Waals surface area contributed by atoms with Crippen molar-refractivity contribution in [1.29, 1.82) is 0 Å². The van der Waals surface area contributed by atoms with E-state index in [0.29, 0.717) is 17.4 Å². The first-order chi connectivity index (χ1) is 14.8. The predicted octanol–water partition coefficient (Wildman–Crippen LogP) is 8.67. The van der Waals surface area contributed by atoms with Gasteiger partial charge in [-0.1, -0.05) is 18.6 Å². The molecule has 0 N–H and O–H groups in total. The van der Waals surface area contributed by atoms with Gasteiger partial charge in [0.25, 0.3) is 0 Å². The zero-order valence-corrected chi connectivity index (χ0v) is 18.2. The molecule has 172 valence electrons. The lowest BCUT2D eigenvalue weighted by Crippen LogP contribution is -2.41. The van der Waals surface area contributed by atoms with E-state index in [-0.39, 0.29) is 5.92 Å². The maximum atomic E-state index is 14.1. The quantitative estimate of drug-likeness (QED) is 0.324. The second-order valence-electron chi connectivity index (χ2n) is 10.1. The molecule has 0 spiro atoms. The van der Waals surface area contributed by atoms with E-state index in [1.165, 1.54) is 38.5 Å². The number of allylic oxidation sites excluding steroid dienone is 2. The van der Waals surface area contributed by atoms with Crippen molar-refractivity contribution in [2.45, 2.75) is 83.2 Å². The van der Waals surface area contributed by atoms with Gasteiger partial charge in [0.2, 0.25) is 0 Å². The molecule has 0 nitrogen and oxygen atoms in total. The summed E-state index contributed by atoms with van der Waals surface area (Å²) in [7, 11) is 0. The fourth-order valence-electron chi connectivity index (χ4n) is 7.05. The molecule has 0 amide bonds. The number of rotatable bonds is 4. The fraction of sp³-hybridized carbons (Fsp3) is 0.692. The average Bonchev–Trinajstić information content (AvgIpc) is 2.71. The Hall–Kier alpha value is -1.39. The zero-order chi connectivity index (χ0) is 22.2. The van der Waals surface area contributed by atoms with Gasteiger partial charge in [-0.25, -0.2) is 8.78 Å². The highest BCUT2D eigenvalue weighted by Crippen LogP contribution is 2.55. The Bertz CT molecular complexity index is 772. The molecule has 5 heteroatoms. The van der Waals surface area contributed by atoms with Gasteiger partial charge in [0.1, 0.15) is 17.2 Å². The highest BCUT2D eigenvalue weighted by molar-refractivity contribution is 5.31. The lowest BCUT2D eigenvalue weighted by Gasteiger charge is -2.51. The third-order valence-corrected chi connectivity index (χ3v) is 8.45. The summed E-state index contributed by atoms with van der Waals surface area (Å²) in [4.78, 5) is 0. The molecule has 6 unspecified atom stereocenters. The van der Waals surface area contributed by atoms with E-state index < -0.39 is 23.4 Å². The molecule has 3 aliphatic carbocycles. The van der Waals surface area contributed by atoms with Gasteiger partial charge in [-0.05, 0) is 118 Å². The topological polar surface area (TPSA) is 0 Å². The molecule has 0 saturated heterocycles. The monoisotopic (exact) mass is 440 g/mol. The highest BCUT2D eigenvalue weighted by atomic mass is 19.4. The van der Waals surface area contributed by atoms with Gasteiger partial charge in [-0.2, -0.15) is 13.2 Å². The summed E-state index contributed by atoms with van der Waals surface area (Å²) in [6.07, 6.45) is 10.9. The van der Waals surface area contributed by atoms with E-state index in [4.69, 9.17) is 0 Å². The Kier molecular flexibility index (Phi) is 6.79. The van der Waals surface area contributed by atoms with Crippen molar-refractivity contribution in [1.82, 2.24) is 0 Å². The van der Waals surface area contributed by atoms with Crippen LogP contribution in [0.3, 0.4) is 0 Å². The summed E-state index contributed by atoms with van der Waals surface area (Å²) in [6, 6.07) is 1.86. The molecule has 3 fully saturated rings. The first kappa shape index (κ1) is 22.8. The maximum Gasteiger partial charge on any atom is 0.422 e. The third-order valence-electron chi connectivity index (χ3n) is 8.45. The van der Waals surface area contributed by atoms with Gasteiger partial charge < -0.3 is 0 Å². The first-order valence-corrected chi connectivity index (χ1v) is 11.9. The van der Waals surface area contributed by atoms with Crippen molar-refractivity contribution in [3.8, 4) is 0 Å². The van der Waals surface area contributed by atoms with Gasteiger partial charge in [-0.15, -0.1) is 0 Å². The Morgan fingerprint density at radius 3 is 2.10 bits per heavy atom. The number of benzene rings is 1. The van der Waals surface area contributed by atoms with Crippen LogP contribution < -0.4 is 0 Å². The van der Waals surface area contributed by atoms with E-state index in [0.717, 1.165) is 55.6 Å². The molecule has 31 heavy (non-hydrogen) atoms. The first-order valence-electron chi connectivity index (χ1n) is 11.9. The molecule has 0 heterocycles. The van der Waals surface area contributed by atoms with Gasteiger partial charge in [-0.3, -0.25) is 0 Å². The van der Waals surface area contributed by atoms with Gasteiger partial charge in [0.05, 0.1) is 0 Å². The van der Waals surface area contributed by atoms with E-state index in [2.05, 4.69) is 19.1 Å². The number of hydrogen-bond acceptors (Lipinski definition) is 0. The molecule has 1 aromatic carbocycles. The zero-order valence-electron chi connectivity index (χ0n) is 18.2. The molecule has 3 aliphatic rings. The van der Waals surface area contributed by atoms with Crippen molar-refractivity contribution in [2.75, 3.05) is 0 Å². The standard InChI is InChI=1S/C26H33F5/c1-2-3-4-5-16-6-10-21-18(12-16)7-8-19-13-17(9-11-22(19)21)20-14-23(27)25(24(28)15-20)26(29,30)31/h2-3,14-19,21-22H,4-13H2,1H3/b3-2+. The Balaban J connectivity index is 1.40. The lowest BCUT2D eigenvalue weighted by atomic mass is 9.55. The van der Waals surface area contributed by atoms with Crippen LogP contribution in [-0.2, 0) is 6.18 Å².